The van der Waals surface area contributed by atoms with Crippen LogP contribution in [0.3, 0.4) is 0 Å². The van der Waals surface area contributed by atoms with Crippen LogP contribution in [-0.2, 0) is 10.5 Å². The van der Waals surface area contributed by atoms with E-state index in [1.807, 2.05) is 36.5 Å². The number of pyridine rings is 1. The van der Waals surface area contributed by atoms with Crippen LogP contribution in [0.4, 0.5) is 10.7 Å². The average molecular weight is 410 g/mol. The Balaban J connectivity index is 1.30. The molecule has 1 saturated carbocycles. The summed E-state index contributed by atoms with van der Waals surface area (Å²) in [5.41, 5.74) is 1.92. The minimum absolute atomic E-state index is 0.0492. The molecule has 2 heterocycles. The molecule has 142 valence electrons. The van der Waals surface area contributed by atoms with E-state index in [1.165, 1.54) is 16.9 Å². The van der Waals surface area contributed by atoms with Gasteiger partial charge in [0.25, 0.3) is 5.91 Å². The minimum Gasteiger partial charge on any atom is -0.321 e. The van der Waals surface area contributed by atoms with Gasteiger partial charge in [-0.3, -0.25) is 14.6 Å². The van der Waals surface area contributed by atoms with Crippen LogP contribution in [0.2, 0.25) is 0 Å². The Labute approximate surface area is 171 Å². The molecule has 0 radical (unpaired) electrons. The third-order valence-corrected chi connectivity index (χ3v) is 6.35. The lowest BCUT2D eigenvalue weighted by Gasteiger charge is -2.06. The third-order valence-electron chi connectivity index (χ3n) is 4.26. The van der Waals surface area contributed by atoms with Crippen LogP contribution >= 0.6 is 23.1 Å². The molecule has 3 aromatic rings. The number of thiophene rings is 1. The number of nitrogens with zero attached hydrogens (tertiary/aromatic N) is 1. The fourth-order valence-electron chi connectivity index (χ4n) is 2.57. The highest BCUT2D eigenvalue weighted by molar-refractivity contribution is 7.98. The summed E-state index contributed by atoms with van der Waals surface area (Å²) < 4.78 is 0. The number of thioether (sulfide) groups is 1. The van der Waals surface area contributed by atoms with Gasteiger partial charge in [0.05, 0.1) is 9.88 Å². The number of carbonyl (C=O) groups is 2. The number of anilines is 2. The maximum absolute atomic E-state index is 12.4. The number of benzene rings is 1. The molecule has 1 fully saturated rings. The number of hydrogen-bond acceptors (Lipinski definition) is 5. The molecular weight excluding hydrogens is 390 g/mol. The molecule has 2 amide bonds. The number of carbonyl (C=O) groups excluding carboxylic acids is 2. The number of hydrogen-bond donors (Lipinski definition) is 2. The van der Waals surface area contributed by atoms with Crippen LogP contribution in [-0.4, -0.2) is 16.8 Å². The van der Waals surface area contributed by atoms with Crippen LogP contribution in [0.25, 0.3) is 0 Å². The van der Waals surface area contributed by atoms with Crippen molar-refractivity contribution in [2.75, 3.05) is 10.6 Å². The van der Waals surface area contributed by atoms with Crippen LogP contribution in [0.15, 0.2) is 65.8 Å². The van der Waals surface area contributed by atoms with Crippen LogP contribution in [0.5, 0.6) is 0 Å². The largest absolute Gasteiger partial charge is 0.321 e. The molecule has 2 N–H and O–H groups in total. The standard InChI is InChI=1S/C21H19N3O2S2/c25-20(15-3-4-15)24-19-10-9-18(28-19)21(26)23-16-5-7-17(8-6-16)27-13-14-2-1-11-22-12-14/h1-2,5-12,15H,3-4,13H2,(H,23,26)(H,24,25). The highest BCUT2D eigenvalue weighted by Gasteiger charge is 2.29. The van der Waals surface area contributed by atoms with Crippen molar-refractivity contribution in [1.29, 1.82) is 0 Å². The lowest BCUT2D eigenvalue weighted by molar-refractivity contribution is -0.117. The maximum Gasteiger partial charge on any atom is 0.265 e. The van der Waals surface area contributed by atoms with Gasteiger partial charge in [0.1, 0.15) is 0 Å². The van der Waals surface area contributed by atoms with Crippen molar-refractivity contribution in [3.8, 4) is 0 Å². The molecule has 7 heteroatoms. The first-order valence-electron chi connectivity index (χ1n) is 9.01. The second kappa shape index (κ2) is 8.58. The summed E-state index contributed by atoms with van der Waals surface area (Å²) in [5.74, 6) is 0.874. The third kappa shape index (κ3) is 4.99. The summed E-state index contributed by atoms with van der Waals surface area (Å²) in [5, 5.41) is 6.48. The Morgan fingerprint density at radius 1 is 1.07 bits per heavy atom. The maximum atomic E-state index is 12.4. The van der Waals surface area contributed by atoms with E-state index in [2.05, 4.69) is 21.7 Å². The van der Waals surface area contributed by atoms with Crippen molar-refractivity contribution in [2.45, 2.75) is 23.5 Å². The fourth-order valence-corrected chi connectivity index (χ4v) is 4.21. The molecule has 0 aliphatic heterocycles. The van der Waals surface area contributed by atoms with E-state index in [0.29, 0.717) is 9.88 Å². The Morgan fingerprint density at radius 2 is 1.89 bits per heavy atom. The molecule has 1 aromatic carbocycles. The zero-order chi connectivity index (χ0) is 19.3. The van der Waals surface area contributed by atoms with Gasteiger partial charge in [-0.25, -0.2) is 0 Å². The summed E-state index contributed by atoms with van der Waals surface area (Å²) in [7, 11) is 0. The Bertz CT molecular complexity index is 967. The minimum atomic E-state index is -0.173. The molecule has 0 unspecified atom stereocenters. The van der Waals surface area contributed by atoms with E-state index in [1.54, 1.807) is 30.1 Å². The molecular formula is C21H19N3O2S2. The lowest BCUT2D eigenvalue weighted by Crippen LogP contribution is -2.12. The molecule has 4 rings (SSSR count). The Kier molecular flexibility index (Phi) is 5.73. The fraction of sp³-hybridized carbons (Fsp3) is 0.190. The van der Waals surface area contributed by atoms with E-state index >= 15 is 0 Å². The van der Waals surface area contributed by atoms with E-state index < -0.39 is 0 Å². The van der Waals surface area contributed by atoms with Gasteiger partial charge >= 0.3 is 0 Å². The molecule has 0 saturated heterocycles. The molecule has 28 heavy (non-hydrogen) atoms. The molecule has 0 atom stereocenters. The highest BCUT2D eigenvalue weighted by Crippen LogP contribution is 2.32. The Morgan fingerprint density at radius 3 is 2.61 bits per heavy atom. The zero-order valence-corrected chi connectivity index (χ0v) is 16.7. The monoisotopic (exact) mass is 409 g/mol. The summed E-state index contributed by atoms with van der Waals surface area (Å²) in [6.45, 7) is 0. The van der Waals surface area contributed by atoms with Crippen molar-refractivity contribution in [1.82, 2.24) is 4.98 Å². The van der Waals surface area contributed by atoms with Gasteiger partial charge in [-0.1, -0.05) is 6.07 Å². The van der Waals surface area contributed by atoms with Gasteiger partial charge < -0.3 is 10.6 Å². The van der Waals surface area contributed by atoms with Crippen molar-refractivity contribution in [3.63, 3.8) is 0 Å². The summed E-state index contributed by atoms with van der Waals surface area (Å²) in [4.78, 5) is 30.1. The SMILES string of the molecule is O=C(Nc1ccc(SCc2cccnc2)cc1)c1ccc(NC(=O)C2CC2)s1. The van der Waals surface area contributed by atoms with E-state index in [0.717, 1.165) is 29.2 Å². The zero-order valence-electron chi connectivity index (χ0n) is 15.1. The normalized spacial score (nSPS) is 13.1. The van der Waals surface area contributed by atoms with Crippen molar-refractivity contribution in [3.05, 3.63) is 71.4 Å². The van der Waals surface area contributed by atoms with Crippen molar-refractivity contribution in [2.24, 2.45) is 5.92 Å². The van der Waals surface area contributed by atoms with Crippen LogP contribution in [0.1, 0.15) is 28.1 Å². The summed E-state index contributed by atoms with van der Waals surface area (Å²) in [6, 6.07) is 15.3. The van der Waals surface area contributed by atoms with E-state index in [9.17, 15) is 9.59 Å². The number of nitrogens with one attached hydrogen (secondary N) is 2. The van der Waals surface area contributed by atoms with Gasteiger partial charge in [0.2, 0.25) is 5.91 Å². The number of amides is 2. The Hall–Kier alpha value is -2.64. The molecule has 1 aliphatic carbocycles. The van der Waals surface area contributed by atoms with Gasteiger partial charge in [0, 0.05) is 34.6 Å². The molecule has 5 nitrogen and oxygen atoms in total. The molecule has 1 aliphatic rings. The topological polar surface area (TPSA) is 71.1 Å². The van der Waals surface area contributed by atoms with Crippen molar-refractivity contribution >= 4 is 45.6 Å². The first-order valence-corrected chi connectivity index (χ1v) is 10.8. The molecule has 2 aromatic heterocycles. The second-order valence-corrected chi connectivity index (χ2v) is 8.69. The van der Waals surface area contributed by atoms with Gasteiger partial charge in [0.15, 0.2) is 0 Å². The smallest absolute Gasteiger partial charge is 0.265 e. The van der Waals surface area contributed by atoms with Crippen LogP contribution < -0.4 is 10.6 Å². The predicted molar refractivity (Wildman–Crippen MR) is 114 cm³/mol. The quantitative estimate of drug-likeness (QED) is 0.537. The van der Waals surface area contributed by atoms with E-state index in [-0.39, 0.29) is 17.7 Å². The van der Waals surface area contributed by atoms with Crippen molar-refractivity contribution < 1.29 is 9.59 Å². The van der Waals surface area contributed by atoms with Crippen LogP contribution in [0, 0.1) is 5.92 Å². The summed E-state index contributed by atoms with van der Waals surface area (Å²) >= 11 is 3.01. The highest BCUT2D eigenvalue weighted by atomic mass is 32.2. The first kappa shape index (κ1) is 18.7. The second-order valence-electron chi connectivity index (χ2n) is 6.56. The lowest BCUT2D eigenvalue weighted by atomic mass is 10.3. The van der Waals surface area contributed by atoms with Gasteiger partial charge in [-0.05, 0) is 60.9 Å². The number of rotatable bonds is 7. The number of aromatic nitrogens is 1. The first-order chi connectivity index (χ1) is 13.7. The average Bonchev–Trinajstić information content (AvgIpc) is 3.47. The van der Waals surface area contributed by atoms with Gasteiger partial charge in [-0.15, -0.1) is 23.1 Å². The van der Waals surface area contributed by atoms with Gasteiger partial charge in [-0.2, -0.15) is 0 Å². The summed E-state index contributed by atoms with van der Waals surface area (Å²) in [6.07, 6.45) is 5.55. The molecule has 0 spiro atoms. The van der Waals surface area contributed by atoms with E-state index in [4.69, 9.17) is 0 Å². The molecule has 0 bridgehead atoms. The predicted octanol–water partition coefficient (Wildman–Crippen LogP) is 5.04.